The van der Waals surface area contributed by atoms with E-state index in [1.165, 1.54) is 5.56 Å². The maximum absolute atomic E-state index is 8.66. The summed E-state index contributed by atoms with van der Waals surface area (Å²) in [5.74, 6) is 0. The molecule has 3 nitrogen and oxygen atoms in total. The van der Waals surface area contributed by atoms with Gasteiger partial charge in [0, 0.05) is 18.2 Å². The van der Waals surface area contributed by atoms with Crippen molar-refractivity contribution in [2.75, 3.05) is 19.6 Å². The molecule has 0 bridgehead atoms. The summed E-state index contributed by atoms with van der Waals surface area (Å²) in [5.41, 5.74) is 1.49. The van der Waals surface area contributed by atoms with Gasteiger partial charge in [-0.25, -0.2) is 0 Å². The first-order chi connectivity index (χ1) is 8.72. The van der Waals surface area contributed by atoms with E-state index < -0.39 is 0 Å². The van der Waals surface area contributed by atoms with E-state index in [0.717, 1.165) is 38.9 Å². The highest BCUT2D eigenvalue weighted by atomic mass is 16.4. The van der Waals surface area contributed by atoms with Crippen molar-refractivity contribution in [3.8, 4) is 0 Å². The maximum Gasteiger partial charge on any atom is 0.0495 e. The topological polar surface area (TPSA) is 35.8 Å². The highest BCUT2D eigenvalue weighted by Gasteiger charge is 2.28. The largest absolute Gasteiger partial charge is 0.411 e. The van der Waals surface area contributed by atoms with E-state index in [-0.39, 0.29) is 5.41 Å². The van der Waals surface area contributed by atoms with Crippen molar-refractivity contribution in [1.82, 2.24) is 4.90 Å². The van der Waals surface area contributed by atoms with Crippen molar-refractivity contribution < 1.29 is 5.21 Å². The van der Waals surface area contributed by atoms with E-state index in [1.807, 2.05) is 0 Å². The van der Waals surface area contributed by atoms with E-state index >= 15 is 0 Å². The molecule has 0 radical (unpaired) electrons. The Morgan fingerprint density at radius 2 is 1.94 bits per heavy atom. The van der Waals surface area contributed by atoms with Crippen LogP contribution in [0.5, 0.6) is 0 Å². The fraction of sp³-hybridized carbons (Fsp3) is 0.533. The van der Waals surface area contributed by atoms with Crippen molar-refractivity contribution in [1.29, 1.82) is 0 Å². The van der Waals surface area contributed by atoms with Crippen LogP contribution < -0.4 is 0 Å². The zero-order valence-corrected chi connectivity index (χ0v) is 11.0. The summed E-state index contributed by atoms with van der Waals surface area (Å²) in [6.07, 6.45) is 4.96. The number of hydrogen-bond donors (Lipinski definition) is 1. The smallest absolute Gasteiger partial charge is 0.0495 e. The van der Waals surface area contributed by atoms with Crippen LogP contribution in [-0.2, 0) is 6.42 Å². The van der Waals surface area contributed by atoms with Crippen LogP contribution in [-0.4, -0.2) is 36.0 Å². The average molecular weight is 246 g/mol. The molecule has 2 rings (SSSR count). The van der Waals surface area contributed by atoms with Crippen LogP contribution in [0.15, 0.2) is 35.5 Å². The van der Waals surface area contributed by atoms with Crippen LogP contribution >= 0.6 is 0 Å². The lowest BCUT2D eigenvalue weighted by Crippen LogP contribution is -2.40. The summed E-state index contributed by atoms with van der Waals surface area (Å²) in [4.78, 5) is 2.50. The molecule has 1 saturated heterocycles. The number of piperidine rings is 1. The molecule has 18 heavy (non-hydrogen) atoms. The van der Waals surface area contributed by atoms with Gasteiger partial charge in [-0.05, 0) is 37.9 Å². The SMILES string of the molecule is CC1(C=NO)CCN(CCc2ccccc2)CC1. The van der Waals surface area contributed by atoms with Gasteiger partial charge in [0.1, 0.15) is 0 Å². The molecule has 1 aliphatic rings. The van der Waals surface area contributed by atoms with E-state index in [2.05, 4.69) is 47.3 Å². The van der Waals surface area contributed by atoms with Gasteiger partial charge < -0.3 is 10.1 Å². The maximum atomic E-state index is 8.66. The Bertz CT molecular complexity index is 381. The number of oxime groups is 1. The Kier molecular flexibility index (Phi) is 4.37. The van der Waals surface area contributed by atoms with Crippen LogP contribution in [0.1, 0.15) is 25.3 Å². The van der Waals surface area contributed by atoms with Gasteiger partial charge in [0.2, 0.25) is 0 Å². The second-order valence-electron chi connectivity index (χ2n) is 5.48. The molecule has 0 spiro atoms. The van der Waals surface area contributed by atoms with Crippen molar-refractivity contribution in [2.24, 2.45) is 10.6 Å². The Labute approximate surface area is 109 Å². The molecule has 1 fully saturated rings. The molecule has 0 aromatic heterocycles. The number of likely N-dealkylation sites (tertiary alicyclic amines) is 1. The van der Waals surface area contributed by atoms with Crippen molar-refractivity contribution in [3.63, 3.8) is 0 Å². The lowest BCUT2D eigenvalue weighted by atomic mass is 9.81. The molecule has 0 atom stereocenters. The molecule has 98 valence electrons. The first-order valence-electron chi connectivity index (χ1n) is 6.67. The van der Waals surface area contributed by atoms with Crippen molar-refractivity contribution in [2.45, 2.75) is 26.2 Å². The lowest BCUT2D eigenvalue weighted by molar-refractivity contribution is 0.165. The molecule has 1 aliphatic heterocycles. The van der Waals surface area contributed by atoms with Gasteiger partial charge in [0.15, 0.2) is 0 Å². The molecule has 0 saturated carbocycles. The standard InChI is InChI=1S/C15H22N2O/c1-15(13-16-18)8-11-17(12-9-15)10-7-14-5-3-2-4-6-14/h2-6,13,18H,7-12H2,1H3. The Morgan fingerprint density at radius 3 is 2.56 bits per heavy atom. The molecule has 0 amide bonds. The molecule has 1 aromatic carbocycles. The van der Waals surface area contributed by atoms with Crippen LogP contribution in [0.25, 0.3) is 0 Å². The average Bonchev–Trinajstić information content (AvgIpc) is 2.40. The van der Waals surface area contributed by atoms with Gasteiger partial charge in [-0.15, -0.1) is 5.16 Å². The van der Waals surface area contributed by atoms with Gasteiger partial charge in [-0.2, -0.15) is 0 Å². The molecule has 0 unspecified atom stereocenters. The van der Waals surface area contributed by atoms with Gasteiger partial charge >= 0.3 is 0 Å². The third-order valence-electron chi connectivity index (χ3n) is 3.93. The molecule has 3 heteroatoms. The van der Waals surface area contributed by atoms with Gasteiger partial charge in [0.25, 0.3) is 0 Å². The molecule has 1 aromatic rings. The summed E-state index contributed by atoms with van der Waals surface area (Å²) >= 11 is 0. The molecular formula is C15H22N2O. The van der Waals surface area contributed by atoms with Gasteiger partial charge in [-0.3, -0.25) is 0 Å². The molecular weight excluding hydrogens is 224 g/mol. The number of rotatable bonds is 4. The highest BCUT2D eigenvalue weighted by Crippen LogP contribution is 2.28. The summed E-state index contributed by atoms with van der Waals surface area (Å²) in [6, 6.07) is 10.6. The van der Waals surface area contributed by atoms with Crippen LogP contribution in [0.4, 0.5) is 0 Å². The minimum Gasteiger partial charge on any atom is -0.411 e. The molecule has 1 heterocycles. The Morgan fingerprint density at radius 1 is 1.28 bits per heavy atom. The number of nitrogens with zero attached hydrogens (tertiary/aromatic N) is 2. The van der Waals surface area contributed by atoms with E-state index in [4.69, 9.17) is 5.21 Å². The molecule has 1 N–H and O–H groups in total. The fourth-order valence-corrected chi connectivity index (χ4v) is 2.49. The minimum atomic E-state index is 0.0813. The third kappa shape index (κ3) is 3.57. The number of benzene rings is 1. The first kappa shape index (κ1) is 13.1. The second kappa shape index (κ2) is 6.01. The Balaban J connectivity index is 1.77. The monoisotopic (exact) mass is 246 g/mol. The number of hydrogen-bond acceptors (Lipinski definition) is 3. The van der Waals surface area contributed by atoms with Crippen molar-refractivity contribution >= 4 is 6.21 Å². The summed E-state index contributed by atoms with van der Waals surface area (Å²) in [7, 11) is 0. The van der Waals surface area contributed by atoms with E-state index in [9.17, 15) is 0 Å². The quantitative estimate of drug-likeness (QED) is 0.504. The zero-order valence-electron chi connectivity index (χ0n) is 11.0. The predicted molar refractivity (Wildman–Crippen MR) is 74.2 cm³/mol. The summed E-state index contributed by atoms with van der Waals surface area (Å²) in [6.45, 7) is 5.47. The van der Waals surface area contributed by atoms with Crippen LogP contribution in [0.3, 0.4) is 0 Å². The van der Waals surface area contributed by atoms with E-state index in [1.54, 1.807) is 6.21 Å². The molecule has 0 aliphatic carbocycles. The normalized spacial score (nSPS) is 20.3. The third-order valence-corrected chi connectivity index (χ3v) is 3.93. The van der Waals surface area contributed by atoms with Gasteiger partial charge in [0.05, 0.1) is 0 Å². The first-order valence-corrected chi connectivity index (χ1v) is 6.67. The minimum absolute atomic E-state index is 0.0813. The summed E-state index contributed by atoms with van der Waals surface area (Å²) in [5, 5.41) is 11.9. The van der Waals surface area contributed by atoms with Crippen LogP contribution in [0.2, 0.25) is 0 Å². The lowest BCUT2D eigenvalue weighted by Gasteiger charge is -2.36. The summed E-state index contributed by atoms with van der Waals surface area (Å²) < 4.78 is 0. The highest BCUT2D eigenvalue weighted by molar-refractivity contribution is 5.64. The van der Waals surface area contributed by atoms with E-state index in [0.29, 0.717) is 0 Å². The van der Waals surface area contributed by atoms with Crippen LogP contribution in [0, 0.1) is 5.41 Å². The Hall–Kier alpha value is -1.35. The predicted octanol–water partition coefficient (Wildman–Crippen LogP) is 2.79. The zero-order chi connectivity index (χ0) is 12.8. The fourth-order valence-electron chi connectivity index (χ4n) is 2.49. The van der Waals surface area contributed by atoms with Gasteiger partial charge in [-0.1, -0.05) is 37.3 Å². The van der Waals surface area contributed by atoms with Crippen molar-refractivity contribution in [3.05, 3.63) is 35.9 Å². The second-order valence-corrected chi connectivity index (χ2v) is 5.48.